The first-order valence-corrected chi connectivity index (χ1v) is 6.69. The van der Waals surface area contributed by atoms with Crippen LogP contribution < -0.4 is 4.90 Å². The molecular weight excluding hydrogens is 262 g/mol. The van der Waals surface area contributed by atoms with Crippen LogP contribution in [0.1, 0.15) is 6.42 Å². The van der Waals surface area contributed by atoms with E-state index in [0.717, 1.165) is 23.5 Å². The minimum absolute atomic E-state index is 0.157. The van der Waals surface area contributed by atoms with E-state index in [-0.39, 0.29) is 5.91 Å². The van der Waals surface area contributed by atoms with Gasteiger partial charge in [0.05, 0.1) is 0 Å². The maximum Gasteiger partial charge on any atom is 0.247 e. The van der Waals surface area contributed by atoms with E-state index < -0.39 is 0 Å². The second-order valence-electron chi connectivity index (χ2n) is 4.55. The summed E-state index contributed by atoms with van der Waals surface area (Å²) >= 11 is 4.26. The van der Waals surface area contributed by atoms with Crippen LogP contribution in [-0.4, -0.2) is 28.4 Å². The first-order chi connectivity index (χ1) is 9.28. The maximum absolute atomic E-state index is 11.9. The molecular formula is C13H13N3O2S. The lowest BCUT2D eigenvalue weighted by molar-refractivity contribution is -0.117. The van der Waals surface area contributed by atoms with Gasteiger partial charge >= 0.3 is 0 Å². The van der Waals surface area contributed by atoms with Gasteiger partial charge in [-0.1, -0.05) is 0 Å². The van der Waals surface area contributed by atoms with Crippen molar-refractivity contribution in [3.05, 3.63) is 30.7 Å². The number of amides is 1. The van der Waals surface area contributed by atoms with Gasteiger partial charge in [-0.3, -0.25) is 4.79 Å². The van der Waals surface area contributed by atoms with Gasteiger partial charge in [0.2, 0.25) is 18.2 Å². The molecule has 5 nitrogen and oxygen atoms in total. The van der Waals surface area contributed by atoms with Crippen LogP contribution >= 0.6 is 12.6 Å². The van der Waals surface area contributed by atoms with Crippen molar-refractivity contribution >= 4 is 24.2 Å². The molecule has 0 radical (unpaired) electrons. The molecule has 0 N–H and O–H groups in total. The van der Waals surface area contributed by atoms with Crippen molar-refractivity contribution in [2.24, 2.45) is 5.92 Å². The monoisotopic (exact) mass is 275 g/mol. The lowest BCUT2D eigenvalue weighted by atomic mass is 10.1. The summed E-state index contributed by atoms with van der Waals surface area (Å²) in [5.41, 5.74) is 1.75. The lowest BCUT2D eigenvalue weighted by Crippen LogP contribution is -2.24. The molecule has 2 heterocycles. The van der Waals surface area contributed by atoms with E-state index in [0.29, 0.717) is 18.2 Å². The Kier molecular flexibility index (Phi) is 3.25. The largest absolute Gasteiger partial charge is 0.423 e. The summed E-state index contributed by atoms with van der Waals surface area (Å²) in [6.45, 7) is 0.738. The number of hydrogen-bond donors (Lipinski definition) is 1. The molecule has 0 spiro atoms. The van der Waals surface area contributed by atoms with E-state index in [9.17, 15) is 4.79 Å². The van der Waals surface area contributed by atoms with Crippen LogP contribution in [0.3, 0.4) is 0 Å². The van der Waals surface area contributed by atoms with E-state index in [2.05, 4.69) is 22.8 Å². The molecule has 0 bridgehead atoms. The number of carbonyl (C=O) groups is 1. The molecule has 1 saturated heterocycles. The van der Waals surface area contributed by atoms with Crippen LogP contribution in [0, 0.1) is 5.92 Å². The molecule has 1 amide bonds. The zero-order chi connectivity index (χ0) is 13.2. The fraction of sp³-hybridized carbons (Fsp3) is 0.308. The number of carbonyl (C=O) groups excluding carboxylic acids is 1. The first-order valence-electron chi connectivity index (χ1n) is 6.06. The van der Waals surface area contributed by atoms with Gasteiger partial charge in [-0.05, 0) is 35.9 Å². The van der Waals surface area contributed by atoms with E-state index in [1.54, 1.807) is 4.90 Å². The standard InChI is InChI=1S/C13H13N3O2S/c17-12-5-9(7-19)6-16(12)11-3-1-10(2-4-11)13-15-14-8-18-13/h1-4,8-9,19H,5-7H2. The molecule has 1 aromatic carbocycles. The van der Waals surface area contributed by atoms with Gasteiger partial charge in [-0.25, -0.2) is 0 Å². The van der Waals surface area contributed by atoms with Gasteiger partial charge in [0, 0.05) is 24.2 Å². The van der Waals surface area contributed by atoms with Gasteiger partial charge in [0.15, 0.2) is 0 Å². The quantitative estimate of drug-likeness (QED) is 0.871. The SMILES string of the molecule is O=C1CC(CS)CN1c1ccc(-c2nnco2)cc1. The Hall–Kier alpha value is -1.82. The summed E-state index contributed by atoms with van der Waals surface area (Å²) in [6, 6.07) is 7.56. The first kappa shape index (κ1) is 12.2. The van der Waals surface area contributed by atoms with Crippen molar-refractivity contribution in [1.82, 2.24) is 10.2 Å². The average molecular weight is 275 g/mol. The smallest absolute Gasteiger partial charge is 0.247 e. The fourth-order valence-electron chi connectivity index (χ4n) is 2.24. The third kappa shape index (κ3) is 2.35. The Morgan fingerprint density at radius 1 is 1.37 bits per heavy atom. The van der Waals surface area contributed by atoms with Crippen LogP contribution in [0.15, 0.2) is 35.1 Å². The van der Waals surface area contributed by atoms with Crippen molar-refractivity contribution < 1.29 is 9.21 Å². The molecule has 1 aliphatic heterocycles. The number of aromatic nitrogens is 2. The lowest BCUT2D eigenvalue weighted by Gasteiger charge is -2.16. The molecule has 1 aromatic heterocycles. The minimum atomic E-state index is 0.157. The minimum Gasteiger partial charge on any atom is -0.423 e. The highest BCUT2D eigenvalue weighted by molar-refractivity contribution is 7.80. The summed E-state index contributed by atoms with van der Waals surface area (Å²) in [5, 5.41) is 7.49. The summed E-state index contributed by atoms with van der Waals surface area (Å²) in [4.78, 5) is 13.7. The number of hydrogen-bond acceptors (Lipinski definition) is 5. The summed E-state index contributed by atoms with van der Waals surface area (Å²) < 4.78 is 5.13. The molecule has 19 heavy (non-hydrogen) atoms. The Balaban J connectivity index is 1.81. The third-order valence-corrected chi connectivity index (χ3v) is 3.77. The van der Waals surface area contributed by atoms with Crippen molar-refractivity contribution in [3.63, 3.8) is 0 Å². The van der Waals surface area contributed by atoms with Crippen molar-refractivity contribution in [2.45, 2.75) is 6.42 Å². The van der Waals surface area contributed by atoms with Gasteiger partial charge in [0.25, 0.3) is 0 Å². The van der Waals surface area contributed by atoms with Gasteiger partial charge in [-0.15, -0.1) is 10.2 Å². The molecule has 98 valence electrons. The Bertz CT molecular complexity index is 568. The molecule has 3 rings (SSSR count). The number of rotatable bonds is 3. The Morgan fingerprint density at radius 2 is 2.16 bits per heavy atom. The summed E-state index contributed by atoms with van der Waals surface area (Å²) in [6.07, 6.45) is 1.87. The molecule has 1 unspecified atom stereocenters. The third-order valence-electron chi connectivity index (χ3n) is 3.25. The van der Waals surface area contributed by atoms with Gasteiger partial charge < -0.3 is 9.32 Å². The van der Waals surface area contributed by atoms with E-state index in [1.165, 1.54) is 6.39 Å². The number of anilines is 1. The van der Waals surface area contributed by atoms with Crippen LogP contribution in [0.4, 0.5) is 5.69 Å². The fourth-order valence-corrected chi connectivity index (χ4v) is 2.48. The predicted octanol–water partition coefficient (Wildman–Crippen LogP) is 2.02. The van der Waals surface area contributed by atoms with E-state index >= 15 is 0 Å². The van der Waals surface area contributed by atoms with Crippen molar-refractivity contribution in [1.29, 1.82) is 0 Å². The molecule has 1 atom stereocenters. The highest BCUT2D eigenvalue weighted by Gasteiger charge is 2.29. The zero-order valence-electron chi connectivity index (χ0n) is 10.2. The molecule has 2 aromatic rings. The van der Waals surface area contributed by atoms with Crippen LogP contribution in [-0.2, 0) is 4.79 Å². The second-order valence-corrected chi connectivity index (χ2v) is 4.91. The second kappa shape index (κ2) is 5.05. The zero-order valence-corrected chi connectivity index (χ0v) is 11.1. The highest BCUT2D eigenvalue weighted by atomic mass is 32.1. The summed E-state index contributed by atoms with van der Waals surface area (Å²) in [5.74, 6) is 1.71. The molecule has 6 heteroatoms. The van der Waals surface area contributed by atoms with Crippen molar-refractivity contribution in [3.8, 4) is 11.5 Å². The maximum atomic E-state index is 11.9. The predicted molar refractivity (Wildman–Crippen MR) is 74.0 cm³/mol. The molecule has 0 aliphatic carbocycles. The normalized spacial score (nSPS) is 19.1. The van der Waals surface area contributed by atoms with Gasteiger partial charge in [0.1, 0.15) is 0 Å². The number of nitrogens with zero attached hydrogens (tertiary/aromatic N) is 3. The Morgan fingerprint density at radius 3 is 2.74 bits per heavy atom. The number of thiol groups is 1. The van der Waals surface area contributed by atoms with E-state index in [4.69, 9.17) is 4.42 Å². The van der Waals surface area contributed by atoms with Gasteiger partial charge in [-0.2, -0.15) is 12.6 Å². The van der Waals surface area contributed by atoms with Crippen molar-refractivity contribution in [2.75, 3.05) is 17.2 Å². The molecule has 1 fully saturated rings. The Labute approximate surface area is 116 Å². The molecule has 0 saturated carbocycles. The van der Waals surface area contributed by atoms with Crippen LogP contribution in [0.25, 0.3) is 11.5 Å². The summed E-state index contributed by atoms with van der Waals surface area (Å²) in [7, 11) is 0. The average Bonchev–Trinajstić information content (AvgIpc) is 3.08. The van der Waals surface area contributed by atoms with Crippen LogP contribution in [0.2, 0.25) is 0 Å². The topological polar surface area (TPSA) is 59.2 Å². The van der Waals surface area contributed by atoms with E-state index in [1.807, 2.05) is 24.3 Å². The van der Waals surface area contributed by atoms with Crippen LogP contribution in [0.5, 0.6) is 0 Å². The number of benzene rings is 1. The molecule has 1 aliphatic rings. The highest BCUT2D eigenvalue weighted by Crippen LogP contribution is 2.27.